The fraction of sp³-hybridized carbons (Fsp3) is 0.818. The quantitative estimate of drug-likeness (QED) is 0.516. The number of piperidine rings is 1. The molecule has 0 radical (unpaired) electrons. The lowest BCUT2D eigenvalue weighted by Gasteiger charge is -2.32. The first-order valence-corrected chi connectivity index (χ1v) is 5.41. The number of hydrogen-bond donors (Lipinski definition) is 1. The molecular weight excluding hydrogens is 174 g/mol. The highest BCUT2D eigenvalue weighted by Gasteiger charge is 2.19. The summed E-state index contributed by atoms with van der Waals surface area (Å²) in [4.78, 5) is 2.06. The van der Waals surface area contributed by atoms with Gasteiger partial charge in [0, 0.05) is 19.5 Å². The number of likely N-dealkylation sites (tertiary alicyclic amines) is 1. The Hall–Kier alpha value is -1.04. The van der Waals surface area contributed by atoms with Crippen LogP contribution < -0.4 is 0 Å². The molecule has 0 amide bonds. The Bertz CT molecular complexity index is 205. The molecule has 0 aliphatic carbocycles. The third kappa shape index (κ3) is 4.27. The van der Waals surface area contributed by atoms with E-state index in [0.29, 0.717) is 18.2 Å². The maximum absolute atomic E-state index is 8.52. The van der Waals surface area contributed by atoms with Crippen LogP contribution in [0.4, 0.5) is 0 Å². The molecule has 14 heavy (non-hydrogen) atoms. The summed E-state index contributed by atoms with van der Waals surface area (Å²) >= 11 is 0. The molecule has 1 rings (SSSR count). The Morgan fingerprint density at radius 3 is 2.71 bits per heavy atom. The van der Waals surface area contributed by atoms with Crippen molar-refractivity contribution in [2.75, 3.05) is 13.1 Å². The molecule has 1 aliphatic rings. The number of nitrogens with zero attached hydrogens (tertiary/aromatic N) is 2. The summed E-state index contributed by atoms with van der Waals surface area (Å²) in [6.07, 6.45) is 2.92. The summed E-state index contributed by atoms with van der Waals surface area (Å²) in [6.45, 7) is 7.72. The molecule has 0 saturated carbocycles. The first-order chi connectivity index (χ1) is 6.74. The smallest absolute Gasteiger partial charge is 0.0925 e. The second-order valence-corrected chi connectivity index (χ2v) is 3.40. The van der Waals surface area contributed by atoms with Gasteiger partial charge in [0.15, 0.2) is 0 Å². The van der Waals surface area contributed by atoms with Crippen LogP contribution in [0.5, 0.6) is 0 Å². The van der Waals surface area contributed by atoms with Crippen LogP contribution in [0.1, 0.15) is 40.0 Å². The van der Waals surface area contributed by atoms with Gasteiger partial charge in [-0.15, -0.1) is 0 Å². The number of hydrogen-bond acceptors (Lipinski definition) is 2. The minimum absolute atomic E-state index is 0.490. The van der Waals surface area contributed by atoms with Crippen molar-refractivity contribution in [3.63, 3.8) is 0 Å². The molecule has 1 atom stereocenters. The lowest BCUT2D eigenvalue weighted by molar-refractivity contribution is 0.259. The number of nitrogens with one attached hydrogen (secondary N) is 1. The van der Waals surface area contributed by atoms with Crippen LogP contribution in [0, 0.1) is 22.7 Å². The van der Waals surface area contributed by atoms with Crippen LogP contribution in [-0.2, 0) is 0 Å². The summed E-state index contributed by atoms with van der Waals surface area (Å²) in [5.74, 6) is 1.13. The van der Waals surface area contributed by atoms with Gasteiger partial charge in [-0.1, -0.05) is 13.8 Å². The molecule has 1 saturated heterocycles. The molecule has 3 nitrogen and oxygen atoms in total. The zero-order chi connectivity index (χ0) is 11.0. The zero-order valence-electron chi connectivity index (χ0n) is 9.51. The van der Waals surface area contributed by atoms with E-state index in [1.165, 1.54) is 0 Å². The molecule has 1 N–H and O–H groups in total. The molecule has 1 aliphatic heterocycles. The lowest BCUT2D eigenvalue weighted by atomic mass is 9.95. The average molecular weight is 195 g/mol. The third-order valence-corrected chi connectivity index (χ3v) is 2.37. The van der Waals surface area contributed by atoms with Crippen molar-refractivity contribution in [1.82, 2.24) is 4.90 Å². The topological polar surface area (TPSA) is 50.9 Å². The molecule has 1 unspecified atom stereocenters. The molecule has 0 aromatic carbocycles. The fourth-order valence-electron chi connectivity index (χ4n) is 1.67. The first-order valence-electron chi connectivity index (χ1n) is 5.41. The Morgan fingerprint density at radius 1 is 1.57 bits per heavy atom. The lowest BCUT2D eigenvalue weighted by Crippen LogP contribution is -2.38. The summed E-state index contributed by atoms with van der Waals surface area (Å²) in [6, 6.07) is 2.20. The first kappa shape index (κ1) is 13.0. The fourth-order valence-corrected chi connectivity index (χ4v) is 1.67. The monoisotopic (exact) mass is 195 g/mol. The normalized spacial score (nSPS) is 20.4. The summed E-state index contributed by atoms with van der Waals surface area (Å²) < 4.78 is 0. The van der Waals surface area contributed by atoms with Crippen LogP contribution in [-0.4, -0.2) is 23.8 Å². The maximum Gasteiger partial charge on any atom is 0.0925 e. The number of amidine groups is 1. The van der Waals surface area contributed by atoms with Gasteiger partial charge in [-0.3, -0.25) is 5.41 Å². The molecule has 80 valence electrons. The maximum atomic E-state index is 8.52. The van der Waals surface area contributed by atoms with Gasteiger partial charge in [0.2, 0.25) is 0 Å². The predicted molar refractivity (Wildman–Crippen MR) is 59.3 cm³/mol. The van der Waals surface area contributed by atoms with Gasteiger partial charge in [0.25, 0.3) is 0 Å². The van der Waals surface area contributed by atoms with E-state index in [0.717, 1.165) is 25.9 Å². The van der Waals surface area contributed by atoms with Gasteiger partial charge < -0.3 is 4.90 Å². The Morgan fingerprint density at radius 2 is 2.21 bits per heavy atom. The summed E-state index contributed by atoms with van der Waals surface area (Å²) in [5, 5.41) is 16.0. The van der Waals surface area contributed by atoms with Gasteiger partial charge in [-0.25, -0.2) is 0 Å². The molecule has 0 spiro atoms. The van der Waals surface area contributed by atoms with Crippen molar-refractivity contribution in [2.45, 2.75) is 40.0 Å². The summed E-state index contributed by atoms with van der Waals surface area (Å²) in [5.41, 5.74) is 0. The highest BCUT2D eigenvalue weighted by Crippen LogP contribution is 2.18. The largest absolute Gasteiger partial charge is 0.360 e. The van der Waals surface area contributed by atoms with Gasteiger partial charge in [-0.2, -0.15) is 5.26 Å². The Kier molecular flexibility index (Phi) is 6.82. The van der Waals surface area contributed by atoms with Gasteiger partial charge in [0.05, 0.1) is 11.9 Å². The van der Waals surface area contributed by atoms with Crippen LogP contribution in [0.25, 0.3) is 0 Å². The average Bonchev–Trinajstić information content (AvgIpc) is 2.22. The second-order valence-electron chi connectivity index (χ2n) is 3.40. The van der Waals surface area contributed by atoms with E-state index in [1.54, 1.807) is 0 Å². The van der Waals surface area contributed by atoms with E-state index in [2.05, 4.69) is 11.0 Å². The van der Waals surface area contributed by atoms with Crippen molar-refractivity contribution in [1.29, 1.82) is 10.7 Å². The molecule has 0 aromatic heterocycles. The van der Waals surface area contributed by atoms with Crippen molar-refractivity contribution >= 4 is 5.84 Å². The van der Waals surface area contributed by atoms with E-state index < -0.39 is 0 Å². The van der Waals surface area contributed by atoms with Crippen molar-refractivity contribution in [3.8, 4) is 6.07 Å². The van der Waals surface area contributed by atoms with E-state index in [4.69, 9.17) is 10.7 Å². The van der Waals surface area contributed by atoms with E-state index in [1.807, 2.05) is 20.8 Å². The molecule has 1 fully saturated rings. The van der Waals surface area contributed by atoms with Gasteiger partial charge >= 0.3 is 0 Å². The summed E-state index contributed by atoms with van der Waals surface area (Å²) in [7, 11) is 0. The van der Waals surface area contributed by atoms with E-state index in [9.17, 15) is 0 Å². The van der Waals surface area contributed by atoms with Crippen LogP contribution in [0.3, 0.4) is 0 Å². The predicted octanol–water partition coefficient (Wildman–Crippen LogP) is 2.64. The van der Waals surface area contributed by atoms with Crippen molar-refractivity contribution < 1.29 is 0 Å². The van der Waals surface area contributed by atoms with Crippen molar-refractivity contribution in [2.24, 2.45) is 5.92 Å². The SMILES string of the molecule is CC.CC(=N)N1CCCC(CC#N)C1. The second kappa shape index (κ2) is 7.37. The number of nitriles is 1. The van der Waals surface area contributed by atoms with E-state index >= 15 is 0 Å². The Labute approximate surface area is 87.2 Å². The third-order valence-electron chi connectivity index (χ3n) is 2.37. The molecule has 0 bridgehead atoms. The number of rotatable bonds is 1. The van der Waals surface area contributed by atoms with Crippen LogP contribution >= 0.6 is 0 Å². The van der Waals surface area contributed by atoms with E-state index in [-0.39, 0.29) is 0 Å². The standard InChI is InChI=1S/C9H15N3.C2H6/c1-8(11)12-6-2-3-9(7-12)4-5-10;1-2/h9,11H,2-4,6-7H2,1H3;1-2H3. The Balaban J connectivity index is 0.000000791. The zero-order valence-corrected chi connectivity index (χ0v) is 9.51. The van der Waals surface area contributed by atoms with Crippen molar-refractivity contribution in [3.05, 3.63) is 0 Å². The highest BCUT2D eigenvalue weighted by atomic mass is 15.2. The minimum Gasteiger partial charge on any atom is -0.360 e. The highest BCUT2D eigenvalue weighted by molar-refractivity contribution is 5.76. The molecule has 1 heterocycles. The minimum atomic E-state index is 0.490. The molecule has 3 heteroatoms. The van der Waals surface area contributed by atoms with Gasteiger partial charge in [0.1, 0.15) is 0 Å². The van der Waals surface area contributed by atoms with Gasteiger partial charge in [-0.05, 0) is 25.7 Å². The van der Waals surface area contributed by atoms with Crippen LogP contribution in [0.2, 0.25) is 0 Å². The molecule has 0 aromatic rings. The van der Waals surface area contributed by atoms with Crippen LogP contribution in [0.15, 0.2) is 0 Å². The molecular formula is C11H21N3.